The molecule has 0 spiro atoms. The predicted octanol–water partition coefficient (Wildman–Crippen LogP) is 1.55. The summed E-state index contributed by atoms with van der Waals surface area (Å²) in [6.07, 6.45) is 6.45. The highest BCUT2D eigenvalue weighted by Crippen LogP contribution is 2.22. The summed E-state index contributed by atoms with van der Waals surface area (Å²) in [6, 6.07) is 0.677. The molecular formula is C12H25NO2. The van der Waals surface area contributed by atoms with Gasteiger partial charge in [-0.25, -0.2) is 0 Å². The van der Waals surface area contributed by atoms with Crippen LogP contribution in [0.15, 0.2) is 0 Å². The zero-order valence-corrected chi connectivity index (χ0v) is 10.0. The molecule has 0 aromatic rings. The van der Waals surface area contributed by atoms with Gasteiger partial charge in [-0.15, -0.1) is 0 Å². The van der Waals surface area contributed by atoms with E-state index >= 15 is 0 Å². The summed E-state index contributed by atoms with van der Waals surface area (Å²) in [4.78, 5) is 0. The van der Waals surface area contributed by atoms with E-state index in [1.807, 2.05) is 0 Å². The number of hydrogen-bond acceptors (Lipinski definition) is 3. The molecule has 2 N–H and O–H groups in total. The summed E-state index contributed by atoms with van der Waals surface area (Å²) in [5.74, 6) is 0.867. The van der Waals surface area contributed by atoms with Crippen LogP contribution in [0.2, 0.25) is 0 Å². The first-order chi connectivity index (χ1) is 7.26. The fourth-order valence-electron chi connectivity index (χ4n) is 2.34. The normalized spacial score (nSPS) is 29.8. The third kappa shape index (κ3) is 4.96. The molecule has 3 atom stereocenters. The Hall–Kier alpha value is -0.120. The molecule has 1 fully saturated rings. The number of methoxy groups -OCH3 is 1. The molecule has 0 radical (unpaired) electrons. The van der Waals surface area contributed by atoms with Gasteiger partial charge in [0.25, 0.3) is 0 Å². The minimum atomic E-state index is 0.105. The Kier molecular flexibility index (Phi) is 6.22. The molecule has 0 amide bonds. The first-order valence-corrected chi connectivity index (χ1v) is 6.12. The Morgan fingerprint density at radius 1 is 1.33 bits per heavy atom. The van der Waals surface area contributed by atoms with E-state index in [2.05, 4.69) is 12.2 Å². The number of aliphatic hydroxyl groups is 1. The summed E-state index contributed by atoms with van der Waals surface area (Å²) >= 11 is 0. The lowest BCUT2D eigenvalue weighted by Gasteiger charge is -2.23. The van der Waals surface area contributed by atoms with Crippen molar-refractivity contribution in [2.45, 2.75) is 51.1 Å². The predicted molar refractivity (Wildman–Crippen MR) is 61.9 cm³/mol. The van der Waals surface area contributed by atoms with Gasteiger partial charge in [0.05, 0.1) is 19.3 Å². The molecule has 1 rings (SSSR count). The van der Waals surface area contributed by atoms with E-state index in [9.17, 15) is 0 Å². The largest absolute Gasteiger partial charge is 0.395 e. The Labute approximate surface area is 93.2 Å². The molecule has 0 aliphatic heterocycles. The second kappa shape index (κ2) is 7.20. The number of hydrogen-bond donors (Lipinski definition) is 2. The topological polar surface area (TPSA) is 41.5 Å². The van der Waals surface area contributed by atoms with Crippen LogP contribution in [-0.4, -0.2) is 37.5 Å². The highest BCUT2D eigenvalue weighted by Gasteiger charge is 2.18. The molecule has 3 nitrogen and oxygen atoms in total. The van der Waals surface area contributed by atoms with Crippen LogP contribution in [0.25, 0.3) is 0 Å². The van der Waals surface area contributed by atoms with Crippen molar-refractivity contribution >= 4 is 0 Å². The average molecular weight is 215 g/mol. The molecule has 3 unspecified atom stereocenters. The van der Waals surface area contributed by atoms with E-state index in [1.165, 1.54) is 32.1 Å². The van der Waals surface area contributed by atoms with Gasteiger partial charge in [-0.1, -0.05) is 19.8 Å². The zero-order chi connectivity index (χ0) is 11.1. The van der Waals surface area contributed by atoms with Gasteiger partial charge in [0.1, 0.15) is 0 Å². The highest BCUT2D eigenvalue weighted by molar-refractivity contribution is 4.77. The molecule has 0 saturated heterocycles. The maximum atomic E-state index is 9.17. The summed E-state index contributed by atoms with van der Waals surface area (Å²) in [5.41, 5.74) is 0. The number of aliphatic hydroxyl groups excluding tert-OH is 1. The van der Waals surface area contributed by atoms with Crippen LogP contribution in [0, 0.1) is 5.92 Å². The van der Waals surface area contributed by atoms with Gasteiger partial charge in [0.2, 0.25) is 0 Å². The van der Waals surface area contributed by atoms with Crippen LogP contribution in [0.5, 0.6) is 0 Å². The fourth-order valence-corrected chi connectivity index (χ4v) is 2.34. The monoisotopic (exact) mass is 215 g/mol. The molecule has 1 aliphatic rings. The SMILES string of the molecule is COCC(CO)NC1CCCC(C)CC1. The lowest BCUT2D eigenvalue weighted by Crippen LogP contribution is -2.43. The van der Waals surface area contributed by atoms with Crippen molar-refractivity contribution in [3.05, 3.63) is 0 Å². The third-order valence-electron chi connectivity index (χ3n) is 3.32. The second-order valence-corrected chi connectivity index (χ2v) is 4.81. The van der Waals surface area contributed by atoms with E-state index in [0.717, 1.165) is 5.92 Å². The molecule has 15 heavy (non-hydrogen) atoms. The van der Waals surface area contributed by atoms with Crippen LogP contribution in [-0.2, 0) is 4.74 Å². The molecule has 90 valence electrons. The van der Waals surface area contributed by atoms with Crippen molar-refractivity contribution in [2.24, 2.45) is 5.92 Å². The van der Waals surface area contributed by atoms with Crippen LogP contribution in [0.4, 0.5) is 0 Å². The molecule has 1 saturated carbocycles. The fraction of sp³-hybridized carbons (Fsp3) is 1.00. The van der Waals surface area contributed by atoms with E-state index in [0.29, 0.717) is 12.6 Å². The highest BCUT2D eigenvalue weighted by atomic mass is 16.5. The second-order valence-electron chi connectivity index (χ2n) is 4.81. The van der Waals surface area contributed by atoms with Gasteiger partial charge in [-0.3, -0.25) is 0 Å². The molecule has 0 aromatic carbocycles. The summed E-state index contributed by atoms with van der Waals surface area (Å²) in [7, 11) is 1.68. The quantitative estimate of drug-likeness (QED) is 0.684. The zero-order valence-electron chi connectivity index (χ0n) is 10.0. The Balaban J connectivity index is 2.29. The Morgan fingerprint density at radius 2 is 2.13 bits per heavy atom. The van der Waals surface area contributed by atoms with Crippen LogP contribution in [0.1, 0.15) is 39.0 Å². The van der Waals surface area contributed by atoms with Gasteiger partial charge in [-0.05, 0) is 25.2 Å². The summed E-state index contributed by atoms with van der Waals surface area (Å²) in [6.45, 7) is 3.10. The van der Waals surface area contributed by atoms with Crippen molar-refractivity contribution < 1.29 is 9.84 Å². The van der Waals surface area contributed by atoms with Gasteiger partial charge in [0.15, 0.2) is 0 Å². The van der Waals surface area contributed by atoms with Crippen LogP contribution >= 0.6 is 0 Å². The number of nitrogens with one attached hydrogen (secondary N) is 1. The van der Waals surface area contributed by atoms with Crippen molar-refractivity contribution in [3.8, 4) is 0 Å². The van der Waals surface area contributed by atoms with Crippen LogP contribution < -0.4 is 5.32 Å². The van der Waals surface area contributed by atoms with Crippen molar-refractivity contribution in [1.29, 1.82) is 0 Å². The molecule has 0 bridgehead atoms. The maximum Gasteiger partial charge on any atom is 0.0638 e. The molecular weight excluding hydrogens is 190 g/mol. The van der Waals surface area contributed by atoms with Crippen molar-refractivity contribution in [3.63, 3.8) is 0 Å². The van der Waals surface area contributed by atoms with Crippen molar-refractivity contribution in [1.82, 2.24) is 5.32 Å². The lowest BCUT2D eigenvalue weighted by molar-refractivity contribution is 0.120. The lowest BCUT2D eigenvalue weighted by atomic mass is 10.0. The van der Waals surface area contributed by atoms with Gasteiger partial charge in [0, 0.05) is 13.2 Å². The van der Waals surface area contributed by atoms with Gasteiger partial charge < -0.3 is 15.2 Å². The minimum Gasteiger partial charge on any atom is -0.395 e. The molecule has 0 heterocycles. The van der Waals surface area contributed by atoms with E-state index in [-0.39, 0.29) is 12.6 Å². The van der Waals surface area contributed by atoms with Crippen LogP contribution in [0.3, 0.4) is 0 Å². The third-order valence-corrected chi connectivity index (χ3v) is 3.32. The molecule has 1 aliphatic carbocycles. The number of rotatable bonds is 5. The smallest absolute Gasteiger partial charge is 0.0638 e. The number of ether oxygens (including phenoxy) is 1. The van der Waals surface area contributed by atoms with E-state index < -0.39 is 0 Å². The van der Waals surface area contributed by atoms with Gasteiger partial charge >= 0.3 is 0 Å². The van der Waals surface area contributed by atoms with E-state index in [4.69, 9.17) is 9.84 Å². The average Bonchev–Trinajstić information content (AvgIpc) is 2.43. The minimum absolute atomic E-state index is 0.105. The summed E-state index contributed by atoms with van der Waals surface area (Å²) in [5, 5.41) is 12.7. The molecule has 3 heteroatoms. The van der Waals surface area contributed by atoms with Gasteiger partial charge in [-0.2, -0.15) is 0 Å². The Morgan fingerprint density at radius 3 is 2.80 bits per heavy atom. The summed E-state index contributed by atoms with van der Waals surface area (Å²) < 4.78 is 5.07. The first kappa shape index (κ1) is 12.9. The van der Waals surface area contributed by atoms with Crippen molar-refractivity contribution in [2.75, 3.05) is 20.3 Å². The standard InChI is InChI=1S/C12H25NO2/c1-10-4-3-5-11(7-6-10)13-12(8-14)9-15-2/h10-14H,3-9H2,1-2H3. The first-order valence-electron chi connectivity index (χ1n) is 6.12. The molecule has 0 aromatic heterocycles. The van der Waals surface area contributed by atoms with E-state index in [1.54, 1.807) is 7.11 Å². The maximum absolute atomic E-state index is 9.17. The Bertz CT molecular complexity index is 164.